The maximum atomic E-state index is 11.5. The third-order valence-electron chi connectivity index (χ3n) is 2.09. The molecule has 0 aliphatic rings. The average Bonchev–Trinajstić information content (AvgIpc) is 2.19. The number of nitrogens with two attached hydrogens (primary N) is 1. The van der Waals surface area contributed by atoms with Gasteiger partial charge in [0.25, 0.3) is 0 Å². The van der Waals surface area contributed by atoms with Crippen LogP contribution in [-0.2, 0) is 6.54 Å². The third kappa shape index (κ3) is 1.36. The maximum Gasteiger partial charge on any atom is 0.189 e. The zero-order valence-corrected chi connectivity index (χ0v) is 7.45. The number of aromatic hydroxyl groups is 1. The van der Waals surface area contributed by atoms with Crippen LogP contribution in [0.1, 0.15) is 5.69 Å². The van der Waals surface area contributed by atoms with Gasteiger partial charge in [-0.05, 0) is 18.2 Å². The Labute approximate surface area is 80.0 Å². The molecule has 0 saturated carbocycles. The maximum absolute atomic E-state index is 11.5. The van der Waals surface area contributed by atoms with Gasteiger partial charge in [0.05, 0.1) is 0 Å². The van der Waals surface area contributed by atoms with Crippen LogP contribution < -0.4 is 11.2 Å². The number of H-pyrrole nitrogens is 1. The Morgan fingerprint density at radius 3 is 2.86 bits per heavy atom. The number of hydrogen-bond acceptors (Lipinski definition) is 3. The van der Waals surface area contributed by atoms with Gasteiger partial charge in [0.15, 0.2) is 5.43 Å². The minimum absolute atomic E-state index is 0.0866. The Kier molecular flexibility index (Phi) is 1.98. The smallest absolute Gasteiger partial charge is 0.189 e. The molecule has 0 aliphatic heterocycles. The molecule has 0 spiro atoms. The minimum Gasteiger partial charge on any atom is -0.508 e. The summed E-state index contributed by atoms with van der Waals surface area (Å²) < 4.78 is 0. The lowest BCUT2D eigenvalue weighted by Crippen LogP contribution is -2.08. The standard InChI is InChI=1S/C10H10N2O2/c11-5-6-3-10(14)8-4-7(13)1-2-9(8)12-6/h1-4,13H,5,11H2,(H,12,14). The van der Waals surface area contributed by atoms with E-state index in [9.17, 15) is 9.90 Å². The summed E-state index contributed by atoms with van der Waals surface area (Å²) >= 11 is 0. The van der Waals surface area contributed by atoms with Gasteiger partial charge in [-0.1, -0.05) is 0 Å². The Balaban J connectivity index is 2.83. The second-order valence-corrected chi connectivity index (χ2v) is 3.09. The van der Waals surface area contributed by atoms with Crippen molar-refractivity contribution in [3.05, 3.63) is 40.2 Å². The number of benzene rings is 1. The predicted octanol–water partition coefficient (Wildman–Crippen LogP) is 0.692. The number of aromatic nitrogens is 1. The summed E-state index contributed by atoms with van der Waals surface area (Å²) in [7, 11) is 0. The minimum atomic E-state index is -0.130. The van der Waals surface area contributed by atoms with E-state index >= 15 is 0 Å². The van der Waals surface area contributed by atoms with Crippen LogP contribution in [0.25, 0.3) is 10.9 Å². The SMILES string of the molecule is NCc1cc(=O)c2cc(O)ccc2[nH]1. The molecule has 1 aromatic carbocycles. The number of phenols is 1. The second-order valence-electron chi connectivity index (χ2n) is 3.09. The topological polar surface area (TPSA) is 79.1 Å². The molecule has 14 heavy (non-hydrogen) atoms. The summed E-state index contributed by atoms with van der Waals surface area (Å²) in [6.07, 6.45) is 0. The molecule has 1 heterocycles. The molecule has 0 unspecified atom stereocenters. The van der Waals surface area contributed by atoms with E-state index in [1.165, 1.54) is 18.2 Å². The summed E-state index contributed by atoms with van der Waals surface area (Å²) in [5.74, 6) is 0.0866. The van der Waals surface area contributed by atoms with Gasteiger partial charge in [-0.15, -0.1) is 0 Å². The molecule has 0 atom stereocenters. The molecule has 2 aromatic rings. The lowest BCUT2D eigenvalue weighted by atomic mass is 10.2. The fraction of sp³-hybridized carbons (Fsp3) is 0.100. The van der Waals surface area contributed by atoms with Crippen LogP contribution in [0.15, 0.2) is 29.1 Å². The first-order valence-corrected chi connectivity index (χ1v) is 4.25. The summed E-state index contributed by atoms with van der Waals surface area (Å²) in [6, 6.07) is 6.07. The molecule has 1 aromatic heterocycles. The van der Waals surface area contributed by atoms with Crippen molar-refractivity contribution in [3.63, 3.8) is 0 Å². The van der Waals surface area contributed by atoms with Crippen molar-refractivity contribution < 1.29 is 5.11 Å². The average molecular weight is 190 g/mol. The highest BCUT2D eigenvalue weighted by molar-refractivity contribution is 5.79. The van der Waals surface area contributed by atoms with E-state index in [1.54, 1.807) is 6.07 Å². The first-order chi connectivity index (χ1) is 6.70. The Hall–Kier alpha value is -1.81. The number of rotatable bonds is 1. The molecule has 4 nitrogen and oxygen atoms in total. The van der Waals surface area contributed by atoms with Gasteiger partial charge in [-0.3, -0.25) is 4.79 Å². The van der Waals surface area contributed by atoms with Crippen molar-refractivity contribution in [2.75, 3.05) is 0 Å². The third-order valence-corrected chi connectivity index (χ3v) is 2.09. The van der Waals surface area contributed by atoms with Crippen LogP contribution in [0, 0.1) is 0 Å². The van der Waals surface area contributed by atoms with Crippen molar-refractivity contribution >= 4 is 10.9 Å². The van der Waals surface area contributed by atoms with Gasteiger partial charge in [0.2, 0.25) is 0 Å². The highest BCUT2D eigenvalue weighted by atomic mass is 16.3. The highest BCUT2D eigenvalue weighted by Gasteiger charge is 2.01. The van der Waals surface area contributed by atoms with E-state index in [1.807, 2.05) is 0 Å². The molecule has 2 rings (SSSR count). The van der Waals surface area contributed by atoms with Crippen LogP contribution in [0.4, 0.5) is 0 Å². The van der Waals surface area contributed by atoms with Gasteiger partial charge < -0.3 is 15.8 Å². The van der Waals surface area contributed by atoms with E-state index < -0.39 is 0 Å². The molecule has 0 bridgehead atoms. The molecule has 0 aliphatic carbocycles. The molecule has 4 N–H and O–H groups in total. The summed E-state index contributed by atoms with van der Waals surface area (Å²) in [6.45, 7) is 0.298. The number of hydrogen-bond donors (Lipinski definition) is 3. The van der Waals surface area contributed by atoms with Gasteiger partial charge in [-0.2, -0.15) is 0 Å². The summed E-state index contributed by atoms with van der Waals surface area (Å²) in [5.41, 5.74) is 6.67. The Morgan fingerprint density at radius 2 is 2.14 bits per heavy atom. The summed E-state index contributed by atoms with van der Waals surface area (Å²) in [5, 5.41) is 9.68. The van der Waals surface area contributed by atoms with Crippen molar-refractivity contribution in [1.82, 2.24) is 4.98 Å². The normalized spacial score (nSPS) is 10.6. The predicted molar refractivity (Wildman–Crippen MR) is 54.1 cm³/mol. The van der Waals surface area contributed by atoms with Crippen LogP contribution >= 0.6 is 0 Å². The summed E-state index contributed by atoms with van der Waals surface area (Å²) in [4.78, 5) is 14.5. The van der Waals surface area contributed by atoms with E-state index in [0.717, 1.165) is 0 Å². The van der Waals surface area contributed by atoms with E-state index in [-0.39, 0.29) is 11.2 Å². The van der Waals surface area contributed by atoms with Crippen molar-refractivity contribution in [3.8, 4) is 5.75 Å². The molecular formula is C10H10N2O2. The molecule has 0 fully saturated rings. The number of aromatic amines is 1. The largest absolute Gasteiger partial charge is 0.508 e. The molecule has 0 radical (unpaired) electrons. The van der Waals surface area contributed by atoms with Gasteiger partial charge >= 0.3 is 0 Å². The molecule has 0 amide bonds. The quantitative estimate of drug-likeness (QED) is 0.619. The van der Waals surface area contributed by atoms with Crippen LogP contribution in [0.3, 0.4) is 0 Å². The molecule has 0 saturated heterocycles. The fourth-order valence-electron chi connectivity index (χ4n) is 1.40. The zero-order chi connectivity index (χ0) is 10.1. The lowest BCUT2D eigenvalue weighted by Gasteiger charge is -2.01. The van der Waals surface area contributed by atoms with E-state index in [2.05, 4.69) is 4.98 Å². The van der Waals surface area contributed by atoms with Crippen LogP contribution in [-0.4, -0.2) is 10.1 Å². The Morgan fingerprint density at radius 1 is 1.36 bits per heavy atom. The molecule has 72 valence electrons. The monoisotopic (exact) mass is 190 g/mol. The number of nitrogens with one attached hydrogen (secondary N) is 1. The molecule has 4 heteroatoms. The number of phenolic OH excluding ortho intramolecular Hbond substituents is 1. The van der Waals surface area contributed by atoms with Crippen LogP contribution in [0.2, 0.25) is 0 Å². The second kappa shape index (κ2) is 3.16. The van der Waals surface area contributed by atoms with Crippen LogP contribution in [0.5, 0.6) is 5.75 Å². The van der Waals surface area contributed by atoms with E-state index in [0.29, 0.717) is 23.1 Å². The van der Waals surface area contributed by atoms with Crippen molar-refractivity contribution in [1.29, 1.82) is 0 Å². The van der Waals surface area contributed by atoms with Gasteiger partial charge in [0.1, 0.15) is 5.75 Å². The zero-order valence-electron chi connectivity index (χ0n) is 7.45. The Bertz CT molecular complexity index is 531. The highest BCUT2D eigenvalue weighted by Crippen LogP contribution is 2.15. The van der Waals surface area contributed by atoms with Gasteiger partial charge in [0, 0.05) is 29.2 Å². The van der Waals surface area contributed by atoms with E-state index in [4.69, 9.17) is 5.73 Å². The first-order valence-electron chi connectivity index (χ1n) is 4.25. The van der Waals surface area contributed by atoms with Gasteiger partial charge in [-0.25, -0.2) is 0 Å². The molecular weight excluding hydrogens is 180 g/mol. The van der Waals surface area contributed by atoms with Crippen molar-refractivity contribution in [2.45, 2.75) is 6.54 Å². The van der Waals surface area contributed by atoms with Crippen molar-refractivity contribution in [2.24, 2.45) is 5.73 Å². The number of pyridine rings is 1. The first kappa shape index (κ1) is 8.77. The lowest BCUT2D eigenvalue weighted by molar-refractivity contribution is 0.476. The fourth-order valence-corrected chi connectivity index (χ4v) is 1.40. The number of fused-ring (bicyclic) bond motifs is 1.